The van der Waals surface area contributed by atoms with Crippen LogP contribution in [0.2, 0.25) is 0 Å². The van der Waals surface area contributed by atoms with E-state index in [9.17, 15) is 9.59 Å². The van der Waals surface area contributed by atoms with Crippen molar-refractivity contribution in [3.05, 3.63) is 0 Å². The molecule has 0 bridgehead atoms. The number of carbonyl (C=O) groups is 2. The van der Waals surface area contributed by atoms with E-state index in [2.05, 4.69) is 15.1 Å². The summed E-state index contributed by atoms with van der Waals surface area (Å²) in [5.74, 6) is 0.323. The van der Waals surface area contributed by atoms with Gasteiger partial charge in [0.25, 0.3) is 0 Å². The number of hydrogen-bond donors (Lipinski definition) is 1. The largest absolute Gasteiger partial charge is 0.444 e. The van der Waals surface area contributed by atoms with Crippen LogP contribution in [0.15, 0.2) is 0 Å². The summed E-state index contributed by atoms with van der Waals surface area (Å²) in [6.45, 7) is 9.54. The van der Waals surface area contributed by atoms with Gasteiger partial charge in [-0.05, 0) is 46.5 Å². The number of ether oxygens (including phenoxy) is 2. The summed E-state index contributed by atoms with van der Waals surface area (Å²) in [7, 11) is 0. The Labute approximate surface area is 156 Å². The Kier molecular flexibility index (Phi) is 6.07. The quantitative estimate of drug-likeness (QED) is 0.823. The molecule has 0 spiro atoms. The van der Waals surface area contributed by atoms with E-state index in [0.717, 1.165) is 45.3 Å². The van der Waals surface area contributed by atoms with Crippen molar-refractivity contribution >= 4 is 12.0 Å². The summed E-state index contributed by atoms with van der Waals surface area (Å²) >= 11 is 0. The topological polar surface area (TPSA) is 71.1 Å². The fourth-order valence-electron chi connectivity index (χ4n) is 4.24. The van der Waals surface area contributed by atoms with Gasteiger partial charge in [-0.2, -0.15) is 0 Å². The van der Waals surface area contributed by atoms with Crippen molar-refractivity contribution in [2.75, 3.05) is 32.8 Å². The highest BCUT2D eigenvalue weighted by molar-refractivity contribution is 5.77. The average molecular weight is 367 g/mol. The molecule has 0 aromatic carbocycles. The molecule has 0 aromatic heterocycles. The van der Waals surface area contributed by atoms with Crippen LogP contribution < -0.4 is 5.32 Å². The van der Waals surface area contributed by atoms with Gasteiger partial charge in [-0.15, -0.1) is 0 Å². The Balaban J connectivity index is 1.50. The molecule has 3 fully saturated rings. The lowest BCUT2D eigenvalue weighted by Gasteiger charge is -2.42. The molecule has 0 aromatic rings. The summed E-state index contributed by atoms with van der Waals surface area (Å²) in [6.07, 6.45) is 4.49. The fraction of sp³-hybridized carbons (Fsp3) is 0.895. The van der Waals surface area contributed by atoms with E-state index in [-0.39, 0.29) is 18.2 Å². The van der Waals surface area contributed by atoms with Crippen molar-refractivity contribution in [2.24, 2.45) is 0 Å². The van der Waals surface area contributed by atoms with Gasteiger partial charge >= 0.3 is 6.09 Å². The van der Waals surface area contributed by atoms with E-state index in [4.69, 9.17) is 9.47 Å². The third-order valence-electron chi connectivity index (χ3n) is 5.52. The van der Waals surface area contributed by atoms with Gasteiger partial charge in [0.1, 0.15) is 5.60 Å². The molecule has 7 heteroatoms. The third kappa shape index (κ3) is 4.88. The maximum absolute atomic E-state index is 12.1. The lowest BCUT2D eigenvalue weighted by Crippen LogP contribution is -2.56. The molecule has 7 nitrogen and oxygen atoms in total. The summed E-state index contributed by atoms with van der Waals surface area (Å²) < 4.78 is 11.0. The van der Waals surface area contributed by atoms with Crippen molar-refractivity contribution < 1.29 is 19.1 Å². The first kappa shape index (κ1) is 19.4. The predicted octanol–water partition coefficient (Wildman–Crippen LogP) is 1.76. The van der Waals surface area contributed by atoms with Gasteiger partial charge < -0.3 is 19.7 Å². The number of hydrogen-bond acceptors (Lipinski definition) is 5. The first-order chi connectivity index (χ1) is 12.3. The molecular formula is C19H33N3O4. The van der Waals surface area contributed by atoms with Gasteiger partial charge in [-0.1, -0.05) is 0 Å². The molecule has 3 aliphatic heterocycles. The number of rotatable bonds is 3. The number of amides is 2. The number of alkyl carbamates (subject to hydrolysis) is 1. The van der Waals surface area contributed by atoms with E-state index >= 15 is 0 Å². The van der Waals surface area contributed by atoms with E-state index in [1.807, 2.05) is 20.8 Å². The molecule has 26 heavy (non-hydrogen) atoms. The number of nitrogens with one attached hydrogen (secondary N) is 1. The van der Waals surface area contributed by atoms with Gasteiger partial charge in [-0.25, -0.2) is 4.79 Å². The summed E-state index contributed by atoms with van der Waals surface area (Å²) in [5.41, 5.74) is -0.502. The first-order valence-electron chi connectivity index (χ1n) is 9.94. The lowest BCUT2D eigenvalue weighted by atomic mass is 9.97. The van der Waals surface area contributed by atoms with Crippen molar-refractivity contribution in [3.8, 4) is 0 Å². The molecule has 3 heterocycles. The molecule has 2 atom stereocenters. The van der Waals surface area contributed by atoms with Crippen molar-refractivity contribution in [3.63, 3.8) is 0 Å². The number of likely N-dealkylation sites (tertiary alicyclic amines) is 2. The minimum atomic E-state index is -0.502. The van der Waals surface area contributed by atoms with E-state index < -0.39 is 5.60 Å². The van der Waals surface area contributed by atoms with Gasteiger partial charge in [0.15, 0.2) is 0 Å². The van der Waals surface area contributed by atoms with Crippen molar-refractivity contribution in [1.82, 2.24) is 15.1 Å². The Morgan fingerprint density at radius 2 is 1.88 bits per heavy atom. The van der Waals surface area contributed by atoms with Gasteiger partial charge in [0.05, 0.1) is 25.3 Å². The van der Waals surface area contributed by atoms with E-state index in [1.165, 1.54) is 0 Å². The highest BCUT2D eigenvalue weighted by Crippen LogP contribution is 2.25. The number of nitrogens with zero attached hydrogens (tertiary/aromatic N) is 2. The average Bonchev–Trinajstić information content (AvgIpc) is 3.02. The molecule has 0 radical (unpaired) electrons. The van der Waals surface area contributed by atoms with Crippen LogP contribution >= 0.6 is 0 Å². The van der Waals surface area contributed by atoms with Crippen LogP contribution in [0.4, 0.5) is 4.79 Å². The van der Waals surface area contributed by atoms with E-state index in [1.54, 1.807) is 0 Å². The lowest BCUT2D eigenvalue weighted by molar-refractivity contribution is -0.137. The molecule has 2 amide bonds. The number of piperidine rings is 2. The molecule has 1 N–H and O–H groups in total. The summed E-state index contributed by atoms with van der Waals surface area (Å²) in [5, 5.41) is 2.97. The Morgan fingerprint density at radius 1 is 1.15 bits per heavy atom. The zero-order valence-corrected chi connectivity index (χ0v) is 16.3. The molecule has 0 aliphatic carbocycles. The number of carbonyl (C=O) groups excluding carboxylic acids is 2. The van der Waals surface area contributed by atoms with Gasteiger partial charge in [0, 0.05) is 32.1 Å². The smallest absolute Gasteiger partial charge is 0.408 e. The normalized spacial score (nSPS) is 29.0. The molecule has 3 aliphatic rings. The highest BCUT2D eigenvalue weighted by atomic mass is 16.6. The first-order valence-corrected chi connectivity index (χ1v) is 9.94. The summed E-state index contributed by atoms with van der Waals surface area (Å²) in [4.78, 5) is 28.7. The van der Waals surface area contributed by atoms with Crippen LogP contribution in [0.5, 0.6) is 0 Å². The van der Waals surface area contributed by atoms with Gasteiger partial charge in [0.2, 0.25) is 5.91 Å². The maximum atomic E-state index is 12.1. The summed E-state index contributed by atoms with van der Waals surface area (Å²) in [6, 6.07) is 0.511. The van der Waals surface area contributed by atoms with E-state index in [0.29, 0.717) is 31.6 Å². The zero-order chi connectivity index (χ0) is 18.7. The van der Waals surface area contributed by atoms with Crippen LogP contribution in [0.3, 0.4) is 0 Å². The Hall–Kier alpha value is -1.34. The predicted molar refractivity (Wildman–Crippen MR) is 97.9 cm³/mol. The second kappa shape index (κ2) is 8.13. The SMILES string of the molecule is CC(C)(C)OC(=O)NC1COCC1N1CCC(N2CCCCC2=O)CC1. The maximum Gasteiger partial charge on any atom is 0.408 e. The van der Waals surface area contributed by atoms with Crippen LogP contribution in [-0.2, 0) is 14.3 Å². The standard InChI is InChI=1S/C19H33N3O4/c1-19(2,3)26-18(24)20-15-12-25-13-16(15)21-10-7-14(8-11-21)22-9-5-4-6-17(22)23/h14-16H,4-13H2,1-3H3,(H,20,24). The van der Waals surface area contributed by atoms with Crippen LogP contribution in [-0.4, -0.2) is 78.4 Å². The Morgan fingerprint density at radius 3 is 2.54 bits per heavy atom. The molecule has 3 rings (SSSR count). The zero-order valence-electron chi connectivity index (χ0n) is 16.3. The molecule has 148 valence electrons. The molecule has 3 saturated heterocycles. The monoisotopic (exact) mass is 367 g/mol. The van der Waals surface area contributed by atoms with Crippen LogP contribution in [0, 0.1) is 0 Å². The minimum Gasteiger partial charge on any atom is -0.444 e. The van der Waals surface area contributed by atoms with Crippen LogP contribution in [0.25, 0.3) is 0 Å². The molecular weight excluding hydrogens is 334 g/mol. The fourth-order valence-corrected chi connectivity index (χ4v) is 4.24. The van der Waals surface area contributed by atoms with Crippen LogP contribution in [0.1, 0.15) is 52.9 Å². The van der Waals surface area contributed by atoms with Crippen molar-refractivity contribution in [2.45, 2.75) is 76.6 Å². The second-order valence-electron chi connectivity index (χ2n) is 8.67. The van der Waals surface area contributed by atoms with Crippen molar-refractivity contribution in [1.29, 1.82) is 0 Å². The third-order valence-corrected chi connectivity index (χ3v) is 5.52. The minimum absolute atomic E-state index is 0.0435. The second-order valence-corrected chi connectivity index (χ2v) is 8.67. The Bertz CT molecular complexity index is 511. The molecule has 2 unspecified atom stereocenters. The highest BCUT2D eigenvalue weighted by Gasteiger charge is 2.38. The van der Waals surface area contributed by atoms with Gasteiger partial charge in [-0.3, -0.25) is 9.69 Å². The molecule has 0 saturated carbocycles.